The molecule has 0 amide bonds. The maximum atomic E-state index is 12.4. The summed E-state index contributed by atoms with van der Waals surface area (Å²) in [6.45, 7) is 0.164. The molecular weight excluding hydrogens is 269 g/mol. The maximum absolute atomic E-state index is 12.4. The molecule has 1 atom stereocenters. The average molecular weight is 282 g/mol. The fourth-order valence-corrected chi connectivity index (χ4v) is 1.62. The van der Waals surface area contributed by atoms with Gasteiger partial charge in [0.1, 0.15) is 12.4 Å². The molecule has 0 fully saturated rings. The van der Waals surface area contributed by atoms with Crippen LogP contribution in [0.5, 0.6) is 5.75 Å². The van der Waals surface area contributed by atoms with Gasteiger partial charge in [0, 0.05) is 12.4 Å². The largest absolute Gasteiger partial charge is 0.492 e. The average Bonchev–Trinajstić information content (AvgIpc) is 2.45. The molecule has 20 heavy (non-hydrogen) atoms. The maximum Gasteiger partial charge on any atom is 0.416 e. The minimum atomic E-state index is -4.34. The summed E-state index contributed by atoms with van der Waals surface area (Å²) < 4.78 is 42.5. The second-order valence-corrected chi connectivity index (χ2v) is 4.23. The molecule has 2 rings (SSSR count). The van der Waals surface area contributed by atoms with Crippen molar-refractivity contribution in [1.82, 2.24) is 4.98 Å². The highest BCUT2D eigenvalue weighted by Gasteiger charge is 2.30. The first-order valence-electron chi connectivity index (χ1n) is 5.92. The Morgan fingerprint density at radius 2 is 1.85 bits per heavy atom. The number of nitrogens with two attached hydrogens (primary N) is 1. The van der Waals surface area contributed by atoms with Crippen molar-refractivity contribution in [3.63, 3.8) is 0 Å². The molecule has 0 aliphatic rings. The topological polar surface area (TPSA) is 48.1 Å². The number of benzene rings is 1. The molecule has 106 valence electrons. The van der Waals surface area contributed by atoms with E-state index in [1.54, 1.807) is 18.5 Å². The lowest BCUT2D eigenvalue weighted by Crippen LogP contribution is -2.19. The van der Waals surface area contributed by atoms with E-state index in [1.807, 2.05) is 6.07 Å². The summed E-state index contributed by atoms with van der Waals surface area (Å²) in [6, 6.07) is 7.69. The number of pyridine rings is 1. The van der Waals surface area contributed by atoms with Crippen LogP contribution in [-0.4, -0.2) is 11.6 Å². The van der Waals surface area contributed by atoms with Crippen molar-refractivity contribution in [3.8, 4) is 5.75 Å². The Hall–Kier alpha value is -2.08. The first-order valence-corrected chi connectivity index (χ1v) is 5.92. The molecule has 3 nitrogen and oxygen atoms in total. The lowest BCUT2D eigenvalue weighted by molar-refractivity contribution is -0.137. The van der Waals surface area contributed by atoms with E-state index in [0.29, 0.717) is 5.75 Å². The van der Waals surface area contributed by atoms with Crippen LogP contribution in [0.4, 0.5) is 13.2 Å². The van der Waals surface area contributed by atoms with Gasteiger partial charge < -0.3 is 10.5 Å². The van der Waals surface area contributed by atoms with E-state index in [1.165, 1.54) is 12.1 Å². The van der Waals surface area contributed by atoms with Gasteiger partial charge in [-0.15, -0.1) is 0 Å². The highest BCUT2D eigenvalue weighted by atomic mass is 19.4. The standard InChI is InChI=1S/C14H13F3N2O/c15-14(16,17)11-3-5-12(6-4-11)20-9-13(18)10-2-1-7-19-8-10/h1-8,13H,9,18H2. The van der Waals surface area contributed by atoms with Gasteiger partial charge in [-0.2, -0.15) is 13.2 Å². The zero-order valence-electron chi connectivity index (χ0n) is 10.5. The number of aromatic nitrogens is 1. The van der Waals surface area contributed by atoms with Crippen LogP contribution >= 0.6 is 0 Å². The number of hydrogen-bond donors (Lipinski definition) is 1. The van der Waals surface area contributed by atoms with Crippen LogP contribution in [0.25, 0.3) is 0 Å². The van der Waals surface area contributed by atoms with Crippen molar-refractivity contribution < 1.29 is 17.9 Å². The molecule has 0 radical (unpaired) electrons. The Morgan fingerprint density at radius 3 is 2.40 bits per heavy atom. The van der Waals surface area contributed by atoms with Crippen molar-refractivity contribution in [2.45, 2.75) is 12.2 Å². The van der Waals surface area contributed by atoms with Crippen molar-refractivity contribution in [2.75, 3.05) is 6.61 Å². The van der Waals surface area contributed by atoms with Crippen LogP contribution in [0.3, 0.4) is 0 Å². The van der Waals surface area contributed by atoms with Crippen LogP contribution < -0.4 is 10.5 Å². The van der Waals surface area contributed by atoms with Crippen LogP contribution in [0.15, 0.2) is 48.8 Å². The number of halogens is 3. The quantitative estimate of drug-likeness (QED) is 0.937. The third kappa shape index (κ3) is 3.71. The molecule has 2 N–H and O–H groups in total. The number of ether oxygens (including phenoxy) is 1. The second kappa shape index (κ2) is 5.92. The van der Waals surface area contributed by atoms with E-state index in [4.69, 9.17) is 10.5 Å². The highest BCUT2D eigenvalue weighted by Crippen LogP contribution is 2.30. The molecule has 0 aliphatic heterocycles. The van der Waals surface area contributed by atoms with Gasteiger partial charge in [-0.25, -0.2) is 0 Å². The number of rotatable bonds is 4. The first-order chi connectivity index (χ1) is 9.47. The molecule has 2 aromatic rings. The zero-order chi connectivity index (χ0) is 14.6. The van der Waals surface area contributed by atoms with E-state index >= 15 is 0 Å². The molecule has 1 aromatic carbocycles. The molecule has 0 spiro atoms. The SMILES string of the molecule is NC(COc1ccc(C(F)(F)F)cc1)c1cccnc1. The highest BCUT2D eigenvalue weighted by molar-refractivity contribution is 5.29. The Balaban J connectivity index is 1.94. The van der Waals surface area contributed by atoms with E-state index in [9.17, 15) is 13.2 Å². The minimum absolute atomic E-state index is 0.164. The predicted molar refractivity (Wildman–Crippen MR) is 68.1 cm³/mol. The summed E-state index contributed by atoms with van der Waals surface area (Å²) in [6.07, 6.45) is -1.08. The van der Waals surface area contributed by atoms with Crippen molar-refractivity contribution in [1.29, 1.82) is 0 Å². The summed E-state index contributed by atoms with van der Waals surface area (Å²) in [5.74, 6) is 0.345. The lowest BCUT2D eigenvalue weighted by Gasteiger charge is -2.13. The Morgan fingerprint density at radius 1 is 1.15 bits per heavy atom. The third-order valence-electron chi connectivity index (χ3n) is 2.72. The second-order valence-electron chi connectivity index (χ2n) is 4.23. The molecule has 1 aromatic heterocycles. The molecule has 0 saturated heterocycles. The van der Waals surface area contributed by atoms with Gasteiger partial charge in [0.2, 0.25) is 0 Å². The monoisotopic (exact) mass is 282 g/mol. The van der Waals surface area contributed by atoms with Crippen molar-refractivity contribution >= 4 is 0 Å². The van der Waals surface area contributed by atoms with Gasteiger partial charge in [0.25, 0.3) is 0 Å². The molecule has 0 bridgehead atoms. The van der Waals surface area contributed by atoms with Crippen LogP contribution in [0.2, 0.25) is 0 Å². The Labute approximate surface area is 114 Å². The van der Waals surface area contributed by atoms with Crippen LogP contribution in [0, 0.1) is 0 Å². The number of alkyl halides is 3. The third-order valence-corrected chi connectivity index (χ3v) is 2.72. The van der Waals surface area contributed by atoms with E-state index < -0.39 is 11.7 Å². The first kappa shape index (κ1) is 14.3. The lowest BCUT2D eigenvalue weighted by atomic mass is 10.1. The van der Waals surface area contributed by atoms with Gasteiger partial charge in [-0.05, 0) is 35.9 Å². The van der Waals surface area contributed by atoms with E-state index in [2.05, 4.69) is 4.98 Å². The number of hydrogen-bond acceptors (Lipinski definition) is 3. The van der Waals surface area contributed by atoms with Crippen LogP contribution in [0.1, 0.15) is 17.2 Å². The summed E-state index contributed by atoms with van der Waals surface area (Å²) in [5.41, 5.74) is 5.99. The Bertz CT molecular complexity index is 541. The molecule has 1 heterocycles. The van der Waals surface area contributed by atoms with Gasteiger partial charge in [-0.3, -0.25) is 4.98 Å². The summed E-state index contributed by atoms with van der Waals surface area (Å²) in [5, 5.41) is 0. The van der Waals surface area contributed by atoms with Crippen LogP contribution in [-0.2, 0) is 6.18 Å². The molecule has 0 saturated carbocycles. The van der Waals surface area contributed by atoms with Gasteiger partial charge in [0.15, 0.2) is 0 Å². The zero-order valence-corrected chi connectivity index (χ0v) is 10.5. The van der Waals surface area contributed by atoms with Crippen molar-refractivity contribution in [3.05, 3.63) is 59.9 Å². The Kier molecular flexibility index (Phi) is 4.24. The summed E-state index contributed by atoms with van der Waals surface area (Å²) in [4.78, 5) is 3.94. The van der Waals surface area contributed by atoms with Gasteiger partial charge >= 0.3 is 6.18 Å². The smallest absolute Gasteiger partial charge is 0.416 e. The molecule has 1 unspecified atom stereocenters. The number of nitrogens with zero attached hydrogens (tertiary/aromatic N) is 1. The normalized spacial score (nSPS) is 13.0. The molecule has 0 aliphatic carbocycles. The fourth-order valence-electron chi connectivity index (χ4n) is 1.62. The van der Waals surface area contributed by atoms with Gasteiger partial charge in [-0.1, -0.05) is 6.07 Å². The minimum Gasteiger partial charge on any atom is -0.492 e. The molecule has 6 heteroatoms. The summed E-state index contributed by atoms with van der Waals surface area (Å²) in [7, 11) is 0. The summed E-state index contributed by atoms with van der Waals surface area (Å²) >= 11 is 0. The molecular formula is C14H13F3N2O. The van der Waals surface area contributed by atoms with Gasteiger partial charge in [0.05, 0.1) is 11.6 Å². The van der Waals surface area contributed by atoms with E-state index in [-0.39, 0.29) is 12.6 Å². The fraction of sp³-hybridized carbons (Fsp3) is 0.214. The van der Waals surface area contributed by atoms with E-state index in [0.717, 1.165) is 17.7 Å². The predicted octanol–water partition coefficient (Wildman–Crippen LogP) is 3.18. The van der Waals surface area contributed by atoms with Crippen molar-refractivity contribution in [2.24, 2.45) is 5.73 Å².